The molecule has 3 atom stereocenters. The predicted octanol–water partition coefficient (Wildman–Crippen LogP) is 3.71. The Bertz CT molecular complexity index is 531. The van der Waals surface area contributed by atoms with Gasteiger partial charge < -0.3 is 5.32 Å². The number of thiophene rings is 1. The summed E-state index contributed by atoms with van der Waals surface area (Å²) in [6.45, 7) is 4.36. The molecule has 2 nitrogen and oxygen atoms in total. The Balaban J connectivity index is 1.99. The third kappa shape index (κ3) is 4.13. The average molecular weight is 295 g/mol. The number of fused-ring (bicyclic) bond motifs is 1. The molecule has 4 heteroatoms. The summed E-state index contributed by atoms with van der Waals surface area (Å²) in [7, 11) is -0.695. The van der Waals surface area contributed by atoms with E-state index in [2.05, 4.69) is 49.5 Å². The van der Waals surface area contributed by atoms with E-state index in [1.54, 1.807) is 6.26 Å². The van der Waals surface area contributed by atoms with E-state index in [9.17, 15) is 4.21 Å². The van der Waals surface area contributed by atoms with E-state index in [4.69, 9.17) is 0 Å². The molecule has 3 unspecified atom stereocenters. The molecule has 0 bridgehead atoms. The maximum absolute atomic E-state index is 11.1. The van der Waals surface area contributed by atoms with Crippen molar-refractivity contribution in [2.75, 3.05) is 12.0 Å². The first-order valence-electron chi connectivity index (χ1n) is 6.61. The zero-order chi connectivity index (χ0) is 13.8. The first kappa shape index (κ1) is 14.7. The van der Waals surface area contributed by atoms with Gasteiger partial charge in [-0.25, -0.2) is 0 Å². The summed E-state index contributed by atoms with van der Waals surface area (Å²) in [6, 6.07) is 11.5. The van der Waals surface area contributed by atoms with E-state index < -0.39 is 10.8 Å². The maximum atomic E-state index is 11.1. The standard InChI is InChI=1S/C15H21NOS2/c1-11(8-9-19(3)17)16-12(2)15-10-13-6-4-5-7-14(13)18-15/h4-7,10-12,16H,8-9H2,1-3H3. The molecule has 1 aromatic carbocycles. The summed E-state index contributed by atoms with van der Waals surface area (Å²) in [5.74, 6) is 0.771. The second-order valence-corrected chi connectivity index (χ2v) is 7.71. The molecule has 104 valence electrons. The van der Waals surface area contributed by atoms with Crippen LogP contribution in [0.2, 0.25) is 0 Å². The Morgan fingerprint density at radius 2 is 2.05 bits per heavy atom. The van der Waals surface area contributed by atoms with Crippen LogP contribution in [0.4, 0.5) is 0 Å². The number of nitrogens with one attached hydrogen (secondary N) is 1. The van der Waals surface area contributed by atoms with Crippen LogP contribution in [0.25, 0.3) is 10.1 Å². The van der Waals surface area contributed by atoms with Crippen LogP contribution in [0.3, 0.4) is 0 Å². The number of benzene rings is 1. The second kappa shape index (κ2) is 6.64. The Labute approximate surface area is 121 Å². The van der Waals surface area contributed by atoms with Gasteiger partial charge in [0.15, 0.2) is 0 Å². The minimum absolute atomic E-state index is 0.345. The molecule has 0 fully saturated rings. The van der Waals surface area contributed by atoms with Crippen molar-refractivity contribution in [3.8, 4) is 0 Å². The molecule has 0 saturated heterocycles. The first-order valence-corrected chi connectivity index (χ1v) is 9.15. The lowest BCUT2D eigenvalue weighted by atomic mass is 10.2. The van der Waals surface area contributed by atoms with Crippen LogP contribution in [-0.4, -0.2) is 22.3 Å². The van der Waals surface area contributed by atoms with Gasteiger partial charge in [0.2, 0.25) is 0 Å². The van der Waals surface area contributed by atoms with Crippen molar-refractivity contribution in [2.24, 2.45) is 0 Å². The molecule has 0 aliphatic heterocycles. The monoisotopic (exact) mass is 295 g/mol. The topological polar surface area (TPSA) is 29.1 Å². The summed E-state index contributed by atoms with van der Waals surface area (Å²) in [6.07, 6.45) is 2.72. The predicted molar refractivity (Wildman–Crippen MR) is 86.4 cm³/mol. The van der Waals surface area contributed by atoms with E-state index in [1.807, 2.05) is 11.3 Å². The minimum atomic E-state index is -0.695. The highest BCUT2D eigenvalue weighted by atomic mass is 32.2. The van der Waals surface area contributed by atoms with E-state index in [0.717, 1.165) is 12.2 Å². The lowest BCUT2D eigenvalue weighted by molar-refractivity contribution is 0.475. The maximum Gasteiger partial charge on any atom is 0.0388 e. The molecular formula is C15H21NOS2. The van der Waals surface area contributed by atoms with Gasteiger partial charge in [-0.2, -0.15) is 0 Å². The van der Waals surface area contributed by atoms with Gasteiger partial charge in [-0.05, 0) is 37.8 Å². The van der Waals surface area contributed by atoms with E-state index in [1.165, 1.54) is 15.0 Å². The van der Waals surface area contributed by atoms with Crippen molar-refractivity contribution in [3.05, 3.63) is 35.2 Å². The van der Waals surface area contributed by atoms with Crippen LogP contribution in [0.15, 0.2) is 30.3 Å². The zero-order valence-electron chi connectivity index (χ0n) is 11.7. The van der Waals surface area contributed by atoms with Crippen LogP contribution in [0.5, 0.6) is 0 Å². The number of rotatable bonds is 6. The van der Waals surface area contributed by atoms with Crippen molar-refractivity contribution in [1.29, 1.82) is 0 Å². The normalized spacial score (nSPS) is 16.4. The first-order chi connectivity index (χ1) is 9.06. The van der Waals surface area contributed by atoms with Crippen LogP contribution in [0, 0.1) is 0 Å². The highest BCUT2D eigenvalue weighted by Crippen LogP contribution is 2.29. The van der Waals surface area contributed by atoms with Gasteiger partial charge in [-0.15, -0.1) is 11.3 Å². The third-order valence-corrected chi connectivity index (χ3v) is 5.35. The van der Waals surface area contributed by atoms with E-state index in [-0.39, 0.29) is 0 Å². The molecule has 2 aromatic rings. The molecule has 0 aliphatic carbocycles. The fourth-order valence-electron chi connectivity index (χ4n) is 2.15. The summed E-state index contributed by atoms with van der Waals surface area (Å²) in [5.41, 5.74) is 0. The minimum Gasteiger partial charge on any atom is -0.307 e. The molecule has 1 heterocycles. The third-order valence-electron chi connectivity index (χ3n) is 3.24. The largest absolute Gasteiger partial charge is 0.307 e. The van der Waals surface area contributed by atoms with Crippen LogP contribution in [0.1, 0.15) is 31.2 Å². The smallest absolute Gasteiger partial charge is 0.0388 e. The van der Waals surface area contributed by atoms with Crippen molar-refractivity contribution in [3.63, 3.8) is 0 Å². The van der Waals surface area contributed by atoms with Crippen molar-refractivity contribution in [1.82, 2.24) is 5.32 Å². The van der Waals surface area contributed by atoms with Gasteiger partial charge in [0, 0.05) is 44.5 Å². The molecule has 2 rings (SSSR count). The molecular weight excluding hydrogens is 274 g/mol. The zero-order valence-corrected chi connectivity index (χ0v) is 13.3. The lowest BCUT2D eigenvalue weighted by Gasteiger charge is -2.18. The SMILES string of the molecule is CC(CCS(C)=O)NC(C)c1cc2ccccc2s1. The summed E-state index contributed by atoms with van der Waals surface area (Å²) in [4.78, 5) is 1.37. The van der Waals surface area contributed by atoms with E-state index in [0.29, 0.717) is 12.1 Å². The van der Waals surface area contributed by atoms with Crippen LogP contribution in [-0.2, 0) is 10.8 Å². The van der Waals surface area contributed by atoms with E-state index >= 15 is 0 Å². The Morgan fingerprint density at radius 1 is 1.32 bits per heavy atom. The van der Waals surface area contributed by atoms with Gasteiger partial charge in [0.25, 0.3) is 0 Å². The van der Waals surface area contributed by atoms with Crippen LogP contribution >= 0.6 is 11.3 Å². The van der Waals surface area contributed by atoms with Crippen LogP contribution < -0.4 is 5.32 Å². The molecule has 19 heavy (non-hydrogen) atoms. The Morgan fingerprint density at radius 3 is 2.74 bits per heavy atom. The molecule has 0 aliphatic rings. The summed E-state index contributed by atoms with van der Waals surface area (Å²) < 4.78 is 12.4. The molecule has 1 N–H and O–H groups in total. The molecule has 0 saturated carbocycles. The highest BCUT2D eigenvalue weighted by Gasteiger charge is 2.12. The molecule has 0 spiro atoms. The van der Waals surface area contributed by atoms with Crippen molar-refractivity contribution in [2.45, 2.75) is 32.4 Å². The fraction of sp³-hybridized carbons (Fsp3) is 0.467. The fourth-order valence-corrected chi connectivity index (χ4v) is 3.91. The second-order valence-electron chi connectivity index (χ2n) is 5.04. The average Bonchev–Trinajstić information content (AvgIpc) is 2.80. The van der Waals surface area contributed by atoms with Crippen molar-refractivity contribution < 1.29 is 4.21 Å². The Hall–Kier alpha value is -0.710. The Kier molecular flexibility index (Phi) is 5.13. The van der Waals surface area contributed by atoms with Crippen molar-refractivity contribution >= 4 is 32.2 Å². The van der Waals surface area contributed by atoms with Gasteiger partial charge in [-0.3, -0.25) is 4.21 Å². The molecule has 0 radical (unpaired) electrons. The van der Waals surface area contributed by atoms with Gasteiger partial charge >= 0.3 is 0 Å². The summed E-state index contributed by atoms with van der Waals surface area (Å²) >= 11 is 1.85. The lowest BCUT2D eigenvalue weighted by Crippen LogP contribution is -2.29. The molecule has 0 amide bonds. The van der Waals surface area contributed by atoms with Gasteiger partial charge in [-0.1, -0.05) is 18.2 Å². The number of hydrogen-bond donors (Lipinski definition) is 1. The quantitative estimate of drug-likeness (QED) is 0.880. The van der Waals surface area contributed by atoms with Gasteiger partial charge in [0.1, 0.15) is 0 Å². The summed E-state index contributed by atoms with van der Waals surface area (Å²) in [5, 5.41) is 4.91. The number of hydrogen-bond acceptors (Lipinski definition) is 3. The van der Waals surface area contributed by atoms with Gasteiger partial charge in [0.05, 0.1) is 0 Å². The molecule has 1 aromatic heterocycles. The highest BCUT2D eigenvalue weighted by molar-refractivity contribution is 7.84.